The molecule has 0 saturated heterocycles. The van der Waals surface area contributed by atoms with Gasteiger partial charge < -0.3 is 0 Å². The van der Waals surface area contributed by atoms with Gasteiger partial charge in [-0.15, -0.1) is 0 Å². The zero-order valence-corrected chi connectivity index (χ0v) is 17.4. The minimum atomic E-state index is -3.85. The van der Waals surface area contributed by atoms with E-state index in [1.807, 2.05) is 54.5 Å². The number of sulfonamides is 1. The molecule has 0 radical (unpaired) electrons. The molecular formula is C21H27NO3S. The van der Waals surface area contributed by atoms with Crippen LogP contribution in [0.15, 0.2) is 56.9 Å². The predicted octanol–water partition coefficient (Wildman–Crippen LogP) is 4.65. The Morgan fingerprint density at radius 3 is 1.81 bits per heavy atom. The van der Waals surface area contributed by atoms with Crippen LogP contribution in [0.4, 0.5) is 0 Å². The summed E-state index contributed by atoms with van der Waals surface area (Å²) in [6.45, 7) is 13.5. The Labute approximate surface area is 156 Å². The standard InChI is InChI=1S/C21H27NO3S/c1-14-9-8-10-16(11-14)26(24,25)22-15-12-17(20(2,3)4)19(23)18(13-15)21(5,6)7/h8-13H,1-7H3. The first kappa shape index (κ1) is 20.3. The van der Waals surface area contributed by atoms with Crippen molar-refractivity contribution in [2.24, 2.45) is 15.2 Å². The molecule has 1 aromatic carbocycles. The molecule has 2 rings (SSSR count). The van der Waals surface area contributed by atoms with E-state index < -0.39 is 20.9 Å². The van der Waals surface area contributed by atoms with Crippen LogP contribution in [0.25, 0.3) is 0 Å². The molecule has 1 aromatic rings. The Morgan fingerprint density at radius 2 is 1.38 bits per heavy atom. The van der Waals surface area contributed by atoms with Crippen molar-refractivity contribution in [2.45, 2.75) is 53.4 Å². The number of ketones is 1. The van der Waals surface area contributed by atoms with Gasteiger partial charge in [0.2, 0.25) is 0 Å². The molecule has 0 N–H and O–H groups in total. The Bertz CT molecular complexity index is 898. The zero-order chi connectivity index (χ0) is 19.9. The highest BCUT2D eigenvalue weighted by molar-refractivity contribution is 7.90. The quantitative estimate of drug-likeness (QED) is 0.709. The predicted molar refractivity (Wildman–Crippen MR) is 106 cm³/mol. The first-order chi connectivity index (χ1) is 11.7. The van der Waals surface area contributed by atoms with E-state index in [0.717, 1.165) is 5.56 Å². The third-order valence-electron chi connectivity index (χ3n) is 4.20. The van der Waals surface area contributed by atoms with Gasteiger partial charge in [-0.05, 0) is 47.6 Å². The van der Waals surface area contributed by atoms with Gasteiger partial charge in [0.1, 0.15) is 0 Å². The van der Waals surface area contributed by atoms with Crippen LogP contribution in [0.3, 0.4) is 0 Å². The molecular weight excluding hydrogens is 346 g/mol. The fraction of sp³-hybridized carbons (Fsp3) is 0.429. The minimum absolute atomic E-state index is 0.0445. The van der Waals surface area contributed by atoms with Crippen molar-refractivity contribution < 1.29 is 13.2 Å². The van der Waals surface area contributed by atoms with Gasteiger partial charge in [0.25, 0.3) is 10.0 Å². The summed E-state index contributed by atoms with van der Waals surface area (Å²) in [7, 11) is -3.85. The zero-order valence-electron chi connectivity index (χ0n) is 16.5. The lowest BCUT2D eigenvalue weighted by atomic mass is 9.72. The number of carbonyl (C=O) groups is 1. The summed E-state index contributed by atoms with van der Waals surface area (Å²) in [6.07, 6.45) is 3.20. The van der Waals surface area contributed by atoms with E-state index in [0.29, 0.717) is 16.9 Å². The maximum atomic E-state index is 12.9. The molecule has 0 saturated carbocycles. The molecule has 0 heterocycles. The first-order valence-electron chi connectivity index (χ1n) is 8.62. The van der Waals surface area contributed by atoms with E-state index in [4.69, 9.17) is 0 Å². The number of carbonyl (C=O) groups excluding carboxylic acids is 1. The molecule has 0 spiro atoms. The van der Waals surface area contributed by atoms with Gasteiger partial charge in [0.15, 0.2) is 5.78 Å². The fourth-order valence-corrected chi connectivity index (χ4v) is 3.82. The van der Waals surface area contributed by atoms with Gasteiger partial charge in [0, 0.05) is 11.1 Å². The van der Waals surface area contributed by atoms with Crippen LogP contribution in [-0.2, 0) is 14.8 Å². The second kappa shape index (κ2) is 6.62. The van der Waals surface area contributed by atoms with Gasteiger partial charge in [-0.3, -0.25) is 4.79 Å². The molecule has 0 aromatic heterocycles. The number of Topliss-reactive ketones (excluding diaryl/α,β-unsaturated/α-hetero) is 1. The number of nitrogens with zero attached hydrogens (tertiary/aromatic N) is 1. The second-order valence-electron chi connectivity index (χ2n) is 8.75. The van der Waals surface area contributed by atoms with E-state index in [1.54, 1.807) is 24.3 Å². The van der Waals surface area contributed by atoms with Gasteiger partial charge >= 0.3 is 0 Å². The normalized spacial score (nSPS) is 16.3. The van der Waals surface area contributed by atoms with Gasteiger partial charge in [0.05, 0.1) is 10.6 Å². The molecule has 1 aliphatic carbocycles. The van der Waals surface area contributed by atoms with Crippen molar-refractivity contribution in [3.8, 4) is 0 Å². The molecule has 26 heavy (non-hydrogen) atoms. The number of benzene rings is 1. The lowest BCUT2D eigenvalue weighted by Gasteiger charge is -2.30. The van der Waals surface area contributed by atoms with E-state index in [-0.39, 0.29) is 10.7 Å². The molecule has 0 unspecified atom stereocenters. The Kier molecular flexibility index (Phi) is 5.17. The largest absolute Gasteiger partial charge is 0.289 e. The lowest BCUT2D eigenvalue weighted by Crippen LogP contribution is -2.29. The number of hydrogen-bond acceptors (Lipinski definition) is 3. The van der Waals surface area contributed by atoms with Gasteiger partial charge in [-0.2, -0.15) is 12.8 Å². The Balaban J connectivity index is 2.65. The molecule has 1 aliphatic rings. The third kappa shape index (κ3) is 4.39. The highest BCUT2D eigenvalue weighted by Gasteiger charge is 2.34. The van der Waals surface area contributed by atoms with Crippen LogP contribution in [0.2, 0.25) is 0 Å². The third-order valence-corrected chi connectivity index (χ3v) is 5.50. The SMILES string of the molecule is Cc1cccc(S(=O)(=O)N=C2C=C(C(C)(C)C)C(=O)C(C(C)(C)C)=C2)c1. The smallest absolute Gasteiger partial charge is 0.282 e. The summed E-state index contributed by atoms with van der Waals surface area (Å²) in [4.78, 5) is 13.1. The lowest BCUT2D eigenvalue weighted by molar-refractivity contribution is -0.114. The summed E-state index contributed by atoms with van der Waals surface area (Å²) < 4.78 is 29.5. The van der Waals surface area contributed by atoms with Crippen molar-refractivity contribution in [3.05, 3.63) is 53.1 Å². The molecule has 5 heteroatoms. The van der Waals surface area contributed by atoms with Crippen LogP contribution in [0.1, 0.15) is 47.1 Å². The van der Waals surface area contributed by atoms with E-state index in [2.05, 4.69) is 4.40 Å². The average Bonchev–Trinajstić information content (AvgIpc) is 2.46. The number of hydrogen-bond donors (Lipinski definition) is 0. The molecule has 0 fully saturated rings. The molecule has 4 nitrogen and oxygen atoms in total. The summed E-state index contributed by atoms with van der Waals surface area (Å²) in [6, 6.07) is 6.65. The van der Waals surface area contributed by atoms with Crippen molar-refractivity contribution in [1.82, 2.24) is 0 Å². The van der Waals surface area contributed by atoms with Crippen LogP contribution >= 0.6 is 0 Å². The van der Waals surface area contributed by atoms with Crippen LogP contribution < -0.4 is 0 Å². The highest BCUT2D eigenvalue weighted by Crippen LogP contribution is 2.37. The van der Waals surface area contributed by atoms with Crippen molar-refractivity contribution >= 4 is 21.5 Å². The first-order valence-corrected chi connectivity index (χ1v) is 10.1. The fourth-order valence-electron chi connectivity index (χ4n) is 2.75. The van der Waals surface area contributed by atoms with E-state index >= 15 is 0 Å². The van der Waals surface area contributed by atoms with E-state index in [9.17, 15) is 13.2 Å². The molecule has 0 atom stereocenters. The van der Waals surface area contributed by atoms with Crippen molar-refractivity contribution in [3.63, 3.8) is 0 Å². The van der Waals surface area contributed by atoms with Crippen LogP contribution in [-0.4, -0.2) is 19.9 Å². The Hall–Kier alpha value is -2.01. The number of aryl methyl sites for hydroxylation is 1. The van der Waals surface area contributed by atoms with Crippen molar-refractivity contribution in [1.29, 1.82) is 0 Å². The molecule has 140 valence electrons. The van der Waals surface area contributed by atoms with Crippen LogP contribution in [0.5, 0.6) is 0 Å². The van der Waals surface area contributed by atoms with Crippen molar-refractivity contribution in [2.75, 3.05) is 0 Å². The maximum Gasteiger partial charge on any atom is 0.282 e. The Morgan fingerprint density at radius 1 is 0.885 bits per heavy atom. The monoisotopic (exact) mass is 373 g/mol. The minimum Gasteiger partial charge on any atom is -0.289 e. The summed E-state index contributed by atoms with van der Waals surface area (Å²) in [5.74, 6) is -0.0445. The van der Waals surface area contributed by atoms with Crippen LogP contribution in [0, 0.1) is 17.8 Å². The molecule has 0 amide bonds. The maximum absolute atomic E-state index is 12.9. The second-order valence-corrected chi connectivity index (χ2v) is 10.4. The summed E-state index contributed by atoms with van der Waals surface area (Å²) in [5, 5.41) is 0. The highest BCUT2D eigenvalue weighted by atomic mass is 32.2. The van der Waals surface area contributed by atoms with Gasteiger partial charge in [-0.1, -0.05) is 53.7 Å². The topological polar surface area (TPSA) is 63.6 Å². The van der Waals surface area contributed by atoms with E-state index in [1.165, 1.54) is 6.07 Å². The summed E-state index contributed by atoms with van der Waals surface area (Å²) in [5.41, 5.74) is 1.47. The number of allylic oxidation sites excluding steroid dienone is 4. The number of rotatable bonds is 2. The summed E-state index contributed by atoms with van der Waals surface area (Å²) >= 11 is 0. The molecule has 0 aliphatic heterocycles. The average molecular weight is 374 g/mol. The molecule has 0 bridgehead atoms. The van der Waals surface area contributed by atoms with Gasteiger partial charge in [-0.25, -0.2) is 0 Å².